The van der Waals surface area contributed by atoms with Crippen molar-refractivity contribution in [2.45, 2.75) is 19.5 Å². The van der Waals surface area contributed by atoms with Crippen molar-refractivity contribution in [3.8, 4) is 0 Å². The minimum absolute atomic E-state index is 0.175. The van der Waals surface area contributed by atoms with E-state index < -0.39 is 10.0 Å². The molecule has 0 bridgehead atoms. The van der Waals surface area contributed by atoms with Gasteiger partial charge in [-0.25, -0.2) is 8.42 Å². The summed E-state index contributed by atoms with van der Waals surface area (Å²) in [5.41, 5.74) is 3.04. The number of amides is 1. The average Bonchev–Trinajstić information content (AvgIpc) is 2.77. The van der Waals surface area contributed by atoms with Crippen LogP contribution in [-0.4, -0.2) is 42.9 Å². The van der Waals surface area contributed by atoms with Gasteiger partial charge in [0.05, 0.1) is 12.8 Å². The third-order valence-corrected chi connectivity index (χ3v) is 6.31. The molecule has 3 aromatic carbocycles. The number of rotatable bonds is 10. The maximum Gasteiger partial charge on any atom is 0.238 e. The average molecular weight is 437 g/mol. The molecule has 1 amide bonds. The highest BCUT2D eigenvalue weighted by molar-refractivity contribution is 7.88. The summed E-state index contributed by atoms with van der Waals surface area (Å²) in [6.45, 7) is 0.931. The minimum Gasteiger partial charge on any atom is -0.333 e. The fraction of sp³-hybridized carbons (Fsp3) is 0.240. The lowest BCUT2D eigenvalue weighted by molar-refractivity contribution is -0.132. The van der Waals surface area contributed by atoms with E-state index in [1.165, 1.54) is 4.31 Å². The maximum absolute atomic E-state index is 13.2. The number of carbonyl (C=O) groups excluding carboxylic acids is 1. The highest BCUT2D eigenvalue weighted by atomic mass is 32.2. The highest BCUT2D eigenvalue weighted by Gasteiger charge is 2.24. The van der Waals surface area contributed by atoms with Gasteiger partial charge in [-0.1, -0.05) is 91.0 Å². The first-order chi connectivity index (χ1) is 14.9. The highest BCUT2D eigenvalue weighted by Crippen LogP contribution is 2.12. The van der Waals surface area contributed by atoms with Crippen molar-refractivity contribution in [3.05, 3.63) is 108 Å². The molecule has 0 radical (unpaired) electrons. The van der Waals surface area contributed by atoms with Gasteiger partial charge in [0.25, 0.3) is 0 Å². The maximum atomic E-state index is 13.2. The lowest BCUT2D eigenvalue weighted by Gasteiger charge is -2.27. The molecule has 0 saturated heterocycles. The largest absolute Gasteiger partial charge is 0.333 e. The minimum atomic E-state index is -3.52. The number of sulfonamides is 1. The van der Waals surface area contributed by atoms with Crippen LogP contribution in [-0.2, 0) is 34.3 Å². The molecular formula is C25H28N2O3S. The summed E-state index contributed by atoms with van der Waals surface area (Å²) in [6, 6.07) is 29.2. The number of benzene rings is 3. The number of hydrogen-bond donors (Lipinski definition) is 0. The molecule has 3 aromatic rings. The third kappa shape index (κ3) is 7.35. The van der Waals surface area contributed by atoms with Gasteiger partial charge in [-0.2, -0.15) is 4.31 Å². The molecule has 0 aliphatic carbocycles. The molecule has 0 N–H and O–H groups in total. The summed E-state index contributed by atoms with van der Waals surface area (Å²) < 4.78 is 26.0. The zero-order valence-corrected chi connectivity index (χ0v) is 18.5. The molecule has 0 saturated carbocycles. The molecule has 0 spiro atoms. The van der Waals surface area contributed by atoms with Crippen molar-refractivity contribution in [2.75, 3.05) is 19.3 Å². The second-order valence-electron chi connectivity index (χ2n) is 7.55. The van der Waals surface area contributed by atoms with Crippen LogP contribution in [0.25, 0.3) is 0 Å². The van der Waals surface area contributed by atoms with Crippen LogP contribution in [0.2, 0.25) is 0 Å². The van der Waals surface area contributed by atoms with E-state index >= 15 is 0 Å². The molecule has 0 aliphatic rings. The molecule has 0 atom stereocenters. The molecule has 0 unspecified atom stereocenters. The molecular weight excluding hydrogens is 408 g/mol. The van der Waals surface area contributed by atoms with Gasteiger partial charge in [0, 0.05) is 19.6 Å². The van der Waals surface area contributed by atoms with Gasteiger partial charge in [-0.05, 0) is 23.1 Å². The van der Waals surface area contributed by atoms with Gasteiger partial charge in [-0.3, -0.25) is 4.79 Å². The van der Waals surface area contributed by atoms with Crippen molar-refractivity contribution in [2.24, 2.45) is 0 Å². The molecule has 3 rings (SSSR count). The van der Waals surface area contributed by atoms with Crippen molar-refractivity contribution in [1.82, 2.24) is 9.21 Å². The number of hydrogen-bond acceptors (Lipinski definition) is 3. The summed E-state index contributed by atoms with van der Waals surface area (Å²) in [6.07, 6.45) is 1.71. The SMILES string of the molecule is CS(=O)(=O)N(CCc1ccccc1)CC(=O)N(Cc1ccccc1)Cc1ccccc1. The Balaban J connectivity index is 1.75. The molecule has 0 fully saturated rings. The first-order valence-corrected chi connectivity index (χ1v) is 12.1. The Morgan fingerprint density at radius 1 is 0.710 bits per heavy atom. The zero-order valence-electron chi connectivity index (χ0n) is 17.7. The first kappa shape index (κ1) is 22.7. The van der Waals surface area contributed by atoms with E-state index in [1.807, 2.05) is 91.0 Å². The third-order valence-electron chi connectivity index (χ3n) is 5.06. The fourth-order valence-electron chi connectivity index (χ4n) is 3.35. The normalized spacial score (nSPS) is 11.4. The van der Waals surface area contributed by atoms with Crippen molar-refractivity contribution >= 4 is 15.9 Å². The standard InChI is InChI=1S/C25H28N2O3S/c1-31(29,30)27(18-17-22-11-5-2-6-12-22)21-25(28)26(19-23-13-7-3-8-14-23)20-24-15-9-4-10-16-24/h2-16H,17-21H2,1H3. The molecule has 0 heterocycles. The smallest absolute Gasteiger partial charge is 0.238 e. The van der Waals surface area contributed by atoms with Crippen LogP contribution in [0.4, 0.5) is 0 Å². The van der Waals surface area contributed by atoms with Gasteiger partial charge < -0.3 is 4.90 Å². The quantitative estimate of drug-likeness (QED) is 0.487. The number of nitrogens with zero attached hydrogens (tertiary/aromatic N) is 2. The van der Waals surface area contributed by atoms with E-state index in [4.69, 9.17) is 0 Å². The summed E-state index contributed by atoms with van der Waals surface area (Å²) in [7, 11) is -3.52. The first-order valence-electron chi connectivity index (χ1n) is 10.3. The predicted molar refractivity (Wildman–Crippen MR) is 124 cm³/mol. The Bertz CT molecular complexity index is 1010. The van der Waals surface area contributed by atoms with E-state index in [-0.39, 0.29) is 19.0 Å². The zero-order chi connectivity index (χ0) is 22.1. The molecule has 6 heteroatoms. The van der Waals surface area contributed by atoms with Gasteiger partial charge >= 0.3 is 0 Å². The Hall–Kier alpha value is -2.96. The van der Waals surface area contributed by atoms with Crippen LogP contribution in [0.5, 0.6) is 0 Å². The Labute approximate surface area is 185 Å². The Morgan fingerprint density at radius 2 is 1.13 bits per heavy atom. The molecule has 162 valence electrons. The van der Waals surface area contributed by atoms with E-state index in [0.717, 1.165) is 22.9 Å². The molecule has 0 aliphatic heterocycles. The summed E-state index contributed by atoms with van der Waals surface area (Å²) in [5.74, 6) is -0.216. The summed E-state index contributed by atoms with van der Waals surface area (Å²) in [5, 5.41) is 0. The van der Waals surface area contributed by atoms with Gasteiger partial charge in [-0.15, -0.1) is 0 Å². The predicted octanol–water partition coefficient (Wildman–Crippen LogP) is 3.72. The van der Waals surface area contributed by atoms with Crippen molar-refractivity contribution < 1.29 is 13.2 Å². The van der Waals surface area contributed by atoms with Crippen molar-refractivity contribution in [3.63, 3.8) is 0 Å². The number of carbonyl (C=O) groups is 1. The van der Waals surface area contributed by atoms with E-state index in [9.17, 15) is 13.2 Å². The second-order valence-corrected chi connectivity index (χ2v) is 9.54. The Kier molecular flexibility index (Phi) is 7.98. The van der Waals surface area contributed by atoms with Crippen LogP contribution in [0.1, 0.15) is 16.7 Å². The van der Waals surface area contributed by atoms with Crippen LogP contribution < -0.4 is 0 Å². The van der Waals surface area contributed by atoms with E-state index in [0.29, 0.717) is 19.5 Å². The molecule has 0 aromatic heterocycles. The fourth-order valence-corrected chi connectivity index (χ4v) is 4.12. The van der Waals surface area contributed by atoms with E-state index in [2.05, 4.69) is 0 Å². The van der Waals surface area contributed by atoms with Gasteiger partial charge in [0.15, 0.2) is 0 Å². The molecule has 31 heavy (non-hydrogen) atoms. The topological polar surface area (TPSA) is 57.7 Å². The second kappa shape index (κ2) is 10.9. The van der Waals surface area contributed by atoms with Crippen LogP contribution in [0, 0.1) is 0 Å². The lowest BCUT2D eigenvalue weighted by atomic mass is 10.1. The van der Waals surface area contributed by atoms with E-state index in [1.54, 1.807) is 4.90 Å². The van der Waals surface area contributed by atoms with Crippen LogP contribution >= 0.6 is 0 Å². The van der Waals surface area contributed by atoms with Crippen LogP contribution in [0.3, 0.4) is 0 Å². The van der Waals surface area contributed by atoms with Gasteiger partial charge in [0.2, 0.25) is 15.9 Å². The van der Waals surface area contributed by atoms with Crippen molar-refractivity contribution in [1.29, 1.82) is 0 Å². The Morgan fingerprint density at radius 3 is 1.55 bits per heavy atom. The summed E-state index contributed by atoms with van der Waals surface area (Å²) >= 11 is 0. The lowest BCUT2D eigenvalue weighted by Crippen LogP contribution is -2.42. The van der Waals surface area contributed by atoms with Gasteiger partial charge in [0.1, 0.15) is 0 Å². The monoisotopic (exact) mass is 436 g/mol. The summed E-state index contributed by atoms with van der Waals surface area (Å²) in [4.78, 5) is 15.0. The molecule has 5 nitrogen and oxygen atoms in total. The van der Waals surface area contributed by atoms with Crippen LogP contribution in [0.15, 0.2) is 91.0 Å².